The Bertz CT molecular complexity index is 529. The lowest BCUT2D eigenvalue weighted by Gasteiger charge is -2.03. The second-order valence-corrected chi connectivity index (χ2v) is 19.1. The van der Waals surface area contributed by atoms with Gasteiger partial charge in [-0.2, -0.15) is 0 Å². The lowest BCUT2D eigenvalue weighted by atomic mass is 10.0. The molecule has 0 aromatic rings. The van der Waals surface area contributed by atoms with Crippen molar-refractivity contribution < 1.29 is 14.7 Å². The summed E-state index contributed by atoms with van der Waals surface area (Å²) in [5.41, 5.74) is 16.4. The fourth-order valence-electron chi connectivity index (χ4n) is 8.08. The molecule has 61 heavy (non-hydrogen) atoms. The van der Waals surface area contributed by atoms with Crippen molar-refractivity contribution in [3.05, 3.63) is 0 Å². The maximum absolute atomic E-state index is 7.23. The van der Waals surface area contributed by atoms with Crippen molar-refractivity contribution in [1.29, 1.82) is 0 Å². The van der Waals surface area contributed by atoms with Gasteiger partial charge in [-0.15, -0.1) is 0 Å². The Balaban J connectivity index is -0.000000381. The van der Waals surface area contributed by atoms with Crippen LogP contribution < -0.4 is 17.2 Å². The molecule has 0 fully saturated rings. The van der Waals surface area contributed by atoms with Crippen molar-refractivity contribution >= 4 is 8.60 Å². The molecular formula is C54H120N3O3P. The molecule has 0 saturated heterocycles. The highest BCUT2D eigenvalue weighted by molar-refractivity contribution is 7.38. The van der Waals surface area contributed by atoms with E-state index in [0.29, 0.717) is 0 Å². The van der Waals surface area contributed by atoms with E-state index in [1.54, 1.807) is 0 Å². The third-order valence-corrected chi connectivity index (χ3v) is 12.2. The first kappa shape index (κ1) is 67.8. The summed E-state index contributed by atoms with van der Waals surface area (Å²) >= 11 is 0. The summed E-state index contributed by atoms with van der Waals surface area (Å²) in [5.74, 6) is 0. The highest BCUT2D eigenvalue weighted by atomic mass is 31.2. The van der Waals surface area contributed by atoms with Crippen LogP contribution in [0.4, 0.5) is 0 Å². The van der Waals surface area contributed by atoms with Gasteiger partial charge in [0.1, 0.15) is 0 Å². The van der Waals surface area contributed by atoms with E-state index in [2.05, 4.69) is 20.8 Å². The Morgan fingerprint density at radius 3 is 0.361 bits per heavy atom. The normalized spacial score (nSPS) is 10.9. The van der Waals surface area contributed by atoms with Gasteiger partial charge >= 0.3 is 8.60 Å². The van der Waals surface area contributed by atoms with Crippen LogP contribution in [0.1, 0.15) is 329 Å². The molecule has 0 unspecified atom stereocenters. The van der Waals surface area contributed by atoms with Crippen LogP contribution in [0.25, 0.3) is 0 Å². The lowest BCUT2D eigenvalue weighted by Crippen LogP contribution is -1.97. The van der Waals surface area contributed by atoms with Crippen LogP contribution >= 0.6 is 8.60 Å². The van der Waals surface area contributed by atoms with Gasteiger partial charge in [-0.1, -0.05) is 310 Å². The van der Waals surface area contributed by atoms with Crippen LogP contribution in [-0.4, -0.2) is 34.3 Å². The Labute approximate surface area is 387 Å². The molecule has 0 amide bonds. The molecule has 0 aliphatic carbocycles. The van der Waals surface area contributed by atoms with E-state index in [1.165, 1.54) is 308 Å². The Hall–Kier alpha value is 0.190. The van der Waals surface area contributed by atoms with E-state index < -0.39 is 8.60 Å². The summed E-state index contributed by atoms with van der Waals surface area (Å²) in [7, 11) is -2.62. The summed E-state index contributed by atoms with van der Waals surface area (Å²) in [5, 5.41) is 0. The van der Waals surface area contributed by atoms with E-state index in [9.17, 15) is 0 Å². The molecular weight excluding hydrogens is 770 g/mol. The summed E-state index contributed by atoms with van der Waals surface area (Å²) < 4.78 is 0. The minimum Gasteiger partial charge on any atom is -0.330 e. The van der Waals surface area contributed by atoms with Gasteiger partial charge in [0.2, 0.25) is 0 Å². The smallest absolute Gasteiger partial charge is 0.324 e. The molecule has 0 aliphatic rings. The predicted molar refractivity (Wildman–Crippen MR) is 279 cm³/mol. The summed E-state index contributed by atoms with van der Waals surface area (Å²) in [4.78, 5) is 21.7. The van der Waals surface area contributed by atoms with Crippen LogP contribution in [-0.2, 0) is 0 Å². The maximum atomic E-state index is 7.23. The molecule has 0 aromatic carbocycles. The van der Waals surface area contributed by atoms with Crippen LogP contribution in [0.5, 0.6) is 0 Å². The van der Waals surface area contributed by atoms with Gasteiger partial charge in [0.15, 0.2) is 0 Å². The molecule has 0 radical (unpaired) electrons. The van der Waals surface area contributed by atoms with Gasteiger partial charge in [0, 0.05) is 0 Å². The van der Waals surface area contributed by atoms with Gasteiger partial charge in [0.25, 0.3) is 0 Å². The van der Waals surface area contributed by atoms with E-state index in [4.69, 9.17) is 31.9 Å². The quantitative estimate of drug-likeness (QED) is 0.0266. The van der Waals surface area contributed by atoms with Crippen molar-refractivity contribution in [3.63, 3.8) is 0 Å². The minimum atomic E-state index is -2.62. The zero-order valence-electron chi connectivity index (χ0n) is 42.6. The largest absolute Gasteiger partial charge is 0.330 e. The highest BCUT2D eigenvalue weighted by Gasteiger charge is 1.97. The SMILES string of the molecule is CCCCCCCCCCCCCCCCCCN.CCCCCCCCCCCCCCCCCCN.CCCCCCCCCCCCCCCCCCN.OP(O)O. The fourth-order valence-corrected chi connectivity index (χ4v) is 8.08. The van der Waals surface area contributed by atoms with Crippen molar-refractivity contribution in [2.75, 3.05) is 19.6 Å². The highest BCUT2D eigenvalue weighted by Crippen LogP contribution is 2.16. The molecule has 0 saturated carbocycles. The zero-order valence-corrected chi connectivity index (χ0v) is 43.5. The molecule has 7 heteroatoms. The maximum Gasteiger partial charge on any atom is 0.324 e. The molecule has 0 aromatic heterocycles. The zero-order chi connectivity index (χ0) is 45.6. The van der Waals surface area contributed by atoms with Gasteiger partial charge in [-0.05, 0) is 38.9 Å². The second kappa shape index (κ2) is 71.8. The van der Waals surface area contributed by atoms with Crippen molar-refractivity contribution in [2.24, 2.45) is 17.2 Å². The molecule has 6 nitrogen and oxygen atoms in total. The third kappa shape index (κ3) is 87.8. The van der Waals surface area contributed by atoms with Crippen molar-refractivity contribution in [2.45, 2.75) is 329 Å². The Kier molecular flexibility index (Phi) is 79.8. The number of unbranched alkanes of at least 4 members (excludes halogenated alkanes) is 45. The van der Waals surface area contributed by atoms with E-state index in [-0.39, 0.29) is 0 Å². The van der Waals surface area contributed by atoms with Crippen molar-refractivity contribution in [3.8, 4) is 0 Å². The minimum absolute atomic E-state index is 0.873. The van der Waals surface area contributed by atoms with E-state index >= 15 is 0 Å². The second-order valence-electron chi connectivity index (χ2n) is 18.5. The number of hydrogen-bond donors (Lipinski definition) is 6. The van der Waals surface area contributed by atoms with Gasteiger partial charge < -0.3 is 31.9 Å². The van der Waals surface area contributed by atoms with Gasteiger partial charge in [0.05, 0.1) is 0 Å². The molecule has 374 valence electrons. The first-order chi connectivity index (χ1) is 30.0. The third-order valence-electron chi connectivity index (χ3n) is 12.2. The molecule has 0 rings (SSSR count). The standard InChI is InChI=1S/3C18H39N.H3O3P/c3*1-2-3-4-5-6-7-8-9-10-11-12-13-14-15-16-17-18-19;1-4(2)3/h3*2-19H2,1H3;1-3H. The molecule has 0 atom stereocenters. The average molecular weight is 891 g/mol. The predicted octanol–water partition coefficient (Wildman–Crippen LogP) is 17.8. The average Bonchev–Trinajstić information content (AvgIpc) is 3.25. The summed E-state index contributed by atoms with van der Waals surface area (Å²) in [6, 6.07) is 0. The molecule has 0 spiro atoms. The number of hydrogen-bond acceptors (Lipinski definition) is 6. The monoisotopic (exact) mass is 890 g/mol. The van der Waals surface area contributed by atoms with Crippen LogP contribution in [0.3, 0.4) is 0 Å². The van der Waals surface area contributed by atoms with Crippen LogP contribution in [0.15, 0.2) is 0 Å². The molecule has 0 bridgehead atoms. The summed E-state index contributed by atoms with van der Waals surface area (Å²) in [6.07, 6.45) is 68.6. The first-order valence-corrected chi connectivity index (χ1v) is 29.1. The summed E-state index contributed by atoms with van der Waals surface area (Å²) in [6.45, 7) is 9.49. The first-order valence-electron chi connectivity index (χ1n) is 27.9. The topological polar surface area (TPSA) is 139 Å². The van der Waals surface area contributed by atoms with E-state index in [0.717, 1.165) is 19.6 Å². The fraction of sp³-hybridized carbons (Fsp3) is 1.00. The lowest BCUT2D eigenvalue weighted by molar-refractivity contribution is 0.368. The van der Waals surface area contributed by atoms with Crippen molar-refractivity contribution in [1.82, 2.24) is 0 Å². The van der Waals surface area contributed by atoms with Crippen LogP contribution in [0.2, 0.25) is 0 Å². The molecule has 9 N–H and O–H groups in total. The number of nitrogens with two attached hydrogens (primary N) is 3. The number of rotatable bonds is 48. The molecule has 0 heterocycles. The van der Waals surface area contributed by atoms with Crippen LogP contribution in [0, 0.1) is 0 Å². The Morgan fingerprint density at radius 2 is 0.279 bits per heavy atom. The van der Waals surface area contributed by atoms with Gasteiger partial charge in [-0.25, -0.2) is 0 Å². The molecule has 0 aliphatic heterocycles. The van der Waals surface area contributed by atoms with E-state index in [1.807, 2.05) is 0 Å². The van der Waals surface area contributed by atoms with Gasteiger partial charge in [-0.3, -0.25) is 0 Å². The Morgan fingerprint density at radius 1 is 0.197 bits per heavy atom.